The summed E-state index contributed by atoms with van der Waals surface area (Å²) in [6, 6.07) is 9.51. The van der Waals surface area contributed by atoms with Crippen LogP contribution in [-0.4, -0.2) is 68.1 Å². The average molecular weight is 415 g/mol. The van der Waals surface area contributed by atoms with E-state index in [4.69, 9.17) is 11.6 Å². The molecule has 1 aromatic heterocycles. The van der Waals surface area contributed by atoms with Gasteiger partial charge in [-0.15, -0.1) is 0 Å². The summed E-state index contributed by atoms with van der Waals surface area (Å²) in [7, 11) is 1.78. The van der Waals surface area contributed by atoms with Gasteiger partial charge >= 0.3 is 0 Å². The highest BCUT2D eigenvalue weighted by atomic mass is 35.5. The minimum Gasteiger partial charge on any atom is -0.368 e. The molecule has 0 unspecified atom stereocenters. The summed E-state index contributed by atoms with van der Waals surface area (Å²) in [5, 5.41) is 6.98. The molecule has 2 aromatic rings. The van der Waals surface area contributed by atoms with Crippen LogP contribution in [0, 0.1) is 6.92 Å². The molecule has 1 aliphatic heterocycles. The Kier molecular flexibility index (Phi) is 7.30. The van der Waals surface area contributed by atoms with Gasteiger partial charge in [0, 0.05) is 69.4 Å². The maximum absolute atomic E-state index is 12.0. The zero-order valence-electron chi connectivity index (χ0n) is 16.9. The first-order valence-corrected chi connectivity index (χ1v) is 10.1. The normalized spacial score (nSPS) is 14.7. The van der Waals surface area contributed by atoms with Crippen LogP contribution in [-0.2, 0) is 0 Å². The van der Waals surface area contributed by atoms with Crippen LogP contribution in [0.5, 0.6) is 0 Å². The van der Waals surface area contributed by atoms with Crippen LogP contribution >= 0.6 is 11.6 Å². The fourth-order valence-corrected chi connectivity index (χ4v) is 3.53. The van der Waals surface area contributed by atoms with Crippen molar-refractivity contribution in [1.82, 2.24) is 20.5 Å². The zero-order chi connectivity index (χ0) is 20.6. The molecule has 0 radical (unpaired) electrons. The highest BCUT2D eigenvalue weighted by Gasteiger charge is 2.20. The van der Waals surface area contributed by atoms with E-state index in [2.05, 4.69) is 43.4 Å². The van der Waals surface area contributed by atoms with Crippen molar-refractivity contribution in [3.8, 4) is 0 Å². The van der Waals surface area contributed by atoms with Crippen LogP contribution in [0.15, 0.2) is 47.7 Å². The number of hydrogen-bond acceptors (Lipinski definition) is 4. The number of amides is 1. The molecule has 0 spiro atoms. The predicted molar refractivity (Wildman–Crippen MR) is 118 cm³/mol. The molecule has 154 valence electrons. The number of carbonyl (C=O) groups excluding carboxylic acids is 1. The molecule has 0 atom stereocenters. The van der Waals surface area contributed by atoms with E-state index in [0.29, 0.717) is 18.7 Å². The summed E-state index contributed by atoms with van der Waals surface area (Å²) >= 11 is 6.17. The number of aryl methyl sites for hydroxylation is 1. The van der Waals surface area contributed by atoms with Gasteiger partial charge in [-0.2, -0.15) is 0 Å². The number of nitrogens with one attached hydrogen (secondary N) is 2. The average Bonchev–Trinajstić information content (AvgIpc) is 2.76. The monoisotopic (exact) mass is 414 g/mol. The molecule has 0 bridgehead atoms. The highest BCUT2D eigenvalue weighted by Crippen LogP contribution is 2.25. The van der Waals surface area contributed by atoms with E-state index in [1.807, 2.05) is 12.1 Å². The summed E-state index contributed by atoms with van der Waals surface area (Å²) in [6.45, 7) is 6.76. The van der Waals surface area contributed by atoms with Crippen molar-refractivity contribution < 1.29 is 4.79 Å². The Hall–Kier alpha value is -2.80. The lowest BCUT2D eigenvalue weighted by molar-refractivity contribution is 0.0954. The number of rotatable bonds is 5. The van der Waals surface area contributed by atoms with Crippen molar-refractivity contribution in [2.24, 2.45) is 4.99 Å². The van der Waals surface area contributed by atoms with Crippen molar-refractivity contribution in [3.63, 3.8) is 0 Å². The Morgan fingerprint density at radius 2 is 1.93 bits per heavy atom. The molecule has 7 nitrogen and oxygen atoms in total. The van der Waals surface area contributed by atoms with Crippen molar-refractivity contribution >= 4 is 29.2 Å². The number of hydrogen-bond donors (Lipinski definition) is 2. The second-order valence-corrected chi connectivity index (χ2v) is 7.31. The first-order valence-electron chi connectivity index (χ1n) is 9.73. The number of anilines is 1. The standard InChI is InChI=1S/C21H27ClN6O/c1-16-5-6-18(22)14-19(16)27-10-12-28(13-11-27)21(23-2)26-9-8-25-20(29)17-4-3-7-24-15-17/h3-7,14-15H,8-13H2,1-2H3,(H,23,26)(H,25,29). The van der Waals surface area contributed by atoms with Crippen molar-refractivity contribution in [3.05, 3.63) is 58.9 Å². The molecule has 1 saturated heterocycles. The van der Waals surface area contributed by atoms with Crippen molar-refractivity contribution in [2.45, 2.75) is 6.92 Å². The fraction of sp³-hybridized carbons (Fsp3) is 0.381. The van der Waals surface area contributed by atoms with Crippen LogP contribution in [0.1, 0.15) is 15.9 Å². The Bertz CT molecular complexity index is 850. The summed E-state index contributed by atoms with van der Waals surface area (Å²) in [6.07, 6.45) is 3.21. The largest absolute Gasteiger partial charge is 0.368 e. The second-order valence-electron chi connectivity index (χ2n) is 6.88. The third-order valence-electron chi connectivity index (χ3n) is 4.92. The quantitative estimate of drug-likeness (QED) is 0.445. The third kappa shape index (κ3) is 5.60. The minimum absolute atomic E-state index is 0.125. The van der Waals surface area contributed by atoms with Crippen LogP contribution in [0.25, 0.3) is 0 Å². The zero-order valence-corrected chi connectivity index (χ0v) is 17.6. The van der Waals surface area contributed by atoms with E-state index in [0.717, 1.165) is 37.2 Å². The number of carbonyl (C=O) groups is 1. The van der Waals surface area contributed by atoms with Gasteiger partial charge in [-0.1, -0.05) is 17.7 Å². The van der Waals surface area contributed by atoms with Crippen molar-refractivity contribution in [2.75, 3.05) is 51.2 Å². The number of nitrogens with zero attached hydrogens (tertiary/aromatic N) is 4. The topological polar surface area (TPSA) is 72.9 Å². The van der Waals surface area contributed by atoms with Crippen LogP contribution in [0.3, 0.4) is 0 Å². The molecule has 3 rings (SSSR count). The highest BCUT2D eigenvalue weighted by molar-refractivity contribution is 6.30. The number of benzene rings is 1. The second kappa shape index (κ2) is 10.1. The van der Waals surface area contributed by atoms with E-state index >= 15 is 0 Å². The summed E-state index contributed by atoms with van der Waals surface area (Å²) in [5.74, 6) is 0.725. The number of aromatic nitrogens is 1. The first-order chi connectivity index (χ1) is 14.1. The molecule has 1 amide bonds. The van der Waals surface area contributed by atoms with E-state index in [9.17, 15) is 4.79 Å². The summed E-state index contributed by atoms with van der Waals surface area (Å²) in [5.41, 5.74) is 2.98. The third-order valence-corrected chi connectivity index (χ3v) is 5.16. The lowest BCUT2D eigenvalue weighted by Crippen LogP contribution is -2.53. The van der Waals surface area contributed by atoms with E-state index < -0.39 is 0 Å². The molecule has 0 saturated carbocycles. The SMILES string of the molecule is CN=C(NCCNC(=O)c1cccnc1)N1CCN(c2cc(Cl)ccc2C)CC1. The van der Waals surface area contributed by atoms with Gasteiger partial charge in [0.05, 0.1) is 5.56 Å². The van der Waals surface area contributed by atoms with Crippen LogP contribution < -0.4 is 15.5 Å². The van der Waals surface area contributed by atoms with Gasteiger partial charge < -0.3 is 20.4 Å². The van der Waals surface area contributed by atoms with Gasteiger partial charge in [0.15, 0.2) is 5.96 Å². The summed E-state index contributed by atoms with van der Waals surface area (Å²) < 4.78 is 0. The molecule has 8 heteroatoms. The molecular weight excluding hydrogens is 388 g/mol. The Morgan fingerprint density at radius 3 is 2.62 bits per heavy atom. The Balaban J connectivity index is 1.44. The Labute approximate surface area is 176 Å². The molecule has 1 aliphatic rings. The minimum atomic E-state index is -0.125. The number of pyridine rings is 1. The number of aliphatic imine (C=N–C) groups is 1. The smallest absolute Gasteiger partial charge is 0.252 e. The number of guanidine groups is 1. The number of halogens is 1. The van der Waals surface area contributed by atoms with Gasteiger partial charge in [-0.05, 0) is 36.8 Å². The van der Waals surface area contributed by atoms with Gasteiger partial charge in [-0.3, -0.25) is 14.8 Å². The molecule has 29 heavy (non-hydrogen) atoms. The maximum Gasteiger partial charge on any atom is 0.252 e. The van der Waals surface area contributed by atoms with E-state index in [1.54, 1.807) is 31.6 Å². The van der Waals surface area contributed by atoms with Gasteiger partial charge in [0.2, 0.25) is 0 Å². The Morgan fingerprint density at radius 1 is 1.17 bits per heavy atom. The molecule has 2 N–H and O–H groups in total. The van der Waals surface area contributed by atoms with E-state index in [1.165, 1.54) is 11.3 Å². The predicted octanol–water partition coefficient (Wildman–Crippen LogP) is 2.17. The molecule has 2 heterocycles. The first kappa shape index (κ1) is 20.9. The molecular formula is C21H27ClN6O. The molecule has 0 aliphatic carbocycles. The lowest BCUT2D eigenvalue weighted by Gasteiger charge is -2.38. The summed E-state index contributed by atoms with van der Waals surface area (Å²) in [4.78, 5) is 25.0. The molecule has 1 aromatic carbocycles. The van der Waals surface area contributed by atoms with Crippen LogP contribution in [0.2, 0.25) is 5.02 Å². The van der Waals surface area contributed by atoms with Gasteiger partial charge in [-0.25, -0.2) is 0 Å². The van der Waals surface area contributed by atoms with Gasteiger partial charge in [0.25, 0.3) is 5.91 Å². The molecule has 1 fully saturated rings. The van der Waals surface area contributed by atoms with E-state index in [-0.39, 0.29) is 5.91 Å². The van der Waals surface area contributed by atoms with Gasteiger partial charge in [0.1, 0.15) is 0 Å². The maximum atomic E-state index is 12.0. The van der Waals surface area contributed by atoms with Crippen LogP contribution in [0.4, 0.5) is 5.69 Å². The fourth-order valence-electron chi connectivity index (χ4n) is 3.36. The lowest BCUT2D eigenvalue weighted by atomic mass is 10.1. The number of piperazine rings is 1. The van der Waals surface area contributed by atoms with Crippen molar-refractivity contribution in [1.29, 1.82) is 0 Å².